The Bertz CT molecular complexity index is 562. The van der Waals surface area contributed by atoms with Crippen LogP contribution >= 0.6 is 23.4 Å². The number of rotatable bonds is 4. The van der Waals surface area contributed by atoms with Crippen molar-refractivity contribution in [3.63, 3.8) is 0 Å². The molecule has 1 aliphatic rings. The van der Waals surface area contributed by atoms with Crippen molar-refractivity contribution < 1.29 is 14.3 Å². The summed E-state index contributed by atoms with van der Waals surface area (Å²) < 4.78 is 5.02. The number of amides is 1. The van der Waals surface area contributed by atoms with E-state index in [9.17, 15) is 9.59 Å². The molecule has 120 valence electrons. The Labute approximate surface area is 138 Å². The molecule has 0 N–H and O–H groups in total. The van der Waals surface area contributed by atoms with Gasteiger partial charge in [-0.1, -0.05) is 23.4 Å². The van der Waals surface area contributed by atoms with Gasteiger partial charge in [0, 0.05) is 13.1 Å². The number of hydrogen-bond acceptors (Lipinski definition) is 6. The summed E-state index contributed by atoms with van der Waals surface area (Å²) in [6, 6.07) is 0. The van der Waals surface area contributed by atoms with Crippen LogP contribution in [0.25, 0.3) is 0 Å². The third-order valence-electron chi connectivity index (χ3n) is 3.51. The van der Waals surface area contributed by atoms with Gasteiger partial charge < -0.3 is 9.64 Å². The Morgan fingerprint density at radius 1 is 1.45 bits per heavy atom. The molecule has 1 aliphatic heterocycles. The van der Waals surface area contributed by atoms with E-state index in [1.54, 1.807) is 11.8 Å². The van der Waals surface area contributed by atoms with Gasteiger partial charge in [0.1, 0.15) is 0 Å². The van der Waals surface area contributed by atoms with Gasteiger partial charge in [-0.2, -0.15) is 0 Å². The van der Waals surface area contributed by atoms with Gasteiger partial charge in [-0.15, -0.1) is 0 Å². The summed E-state index contributed by atoms with van der Waals surface area (Å²) in [4.78, 5) is 34.1. The van der Waals surface area contributed by atoms with E-state index < -0.39 is 0 Å². The molecule has 1 saturated heterocycles. The van der Waals surface area contributed by atoms with Crippen LogP contribution in [0.1, 0.15) is 30.3 Å². The Balaban J connectivity index is 2.02. The summed E-state index contributed by atoms with van der Waals surface area (Å²) >= 11 is 7.38. The lowest BCUT2D eigenvalue weighted by atomic mass is 9.97. The standard InChI is InChI=1S/C14H18ClN3O3S/c1-3-21-13(20)9-4-6-18(7-5-9)12(19)11-10(15)8-16-14(17-11)22-2/h8-9H,3-7H2,1-2H3. The van der Waals surface area contributed by atoms with E-state index >= 15 is 0 Å². The fourth-order valence-corrected chi connectivity index (χ4v) is 2.84. The van der Waals surface area contributed by atoms with Crippen molar-refractivity contribution in [2.45, 2.75) is 24.9 Å². The van der Waals surface area contributed by atoms with Crippen LogP contribution in [-0.4, -0.2) is 52.7 Å². The molecule has 0 aliphatic carbocycles. The van der Waals surface area contributed by atoms with E-state index in [0.717, 1.165) is 0 Å². The maximum atomic E-state index is 12.5. The summed E-state index contributed by atoms with van der Waals surface area (Å²) in [5, 5.41) is 0.754. The molecule has 2 heterocycles. The van der Waals surface area contributed by atoms with Gasteiger partial charge in [-0.25, -0.2) is 9.97 Å². The zero-order valence-corrected chi connectivity index (χ0v) is 14.1. The molecule has 22 heavy (non-hydrogen) atoms. The van der Waals surface area contributed by atoms with Gasteiger partial charge >= 0.3 is 5.97 Å². The molecule has 0 bridgehead atoms. The van der Waals surface area contributed by atoms with Crippen molar-refractivity contribution in [2.24, 2.45) is 5.92 Å². The maximum Gasteiger partial charge on any atom is 0.309 e. The van der Waals surface area contributed by atoms with Crippen molar-refractivity contribution in [1.29, 1.82) is 0 Å². The monoisotopic (exact) mass is 343 g/mol. The first-order chi connectivity index (χ1) is 10.6. The predicted molar refractivity (Wildman–Crippen MR) is 84.1 cm³/mol. The van der Waals surface area contributed by atoms with Gasteiger partial charge in [0.2, 0.25) is 0 Å². The second-order valence-corrected chi connectivity index (χ2v) is 6.05. The fourth-order valence-electron chi connectivity index (χ4n) is 2.33. The molecule has 0 saturated carbocycles. The lowest BCUT2D eigenvalue weighted by molar-refractivity contribution is -0.149. The number of carbonyl (C=O) groups excluding carboxylic acids is 2. The first-order valence-electron chi connectivity index (χ1n) is 7.09. The molecule has 1 aromatic heterocycles. The highest BCUT2D eigenvalue weighted by atomic mass is 35.5. The number of nitrogens with zero attached hydrogens (tertiary/aromatic N) is 3. The molecule has 1 amide bonds. The Kier molecular flexibility index (Phi) is 6.02. The minimum atomic E-state index is -0.218. The van der Waals surface area contributed by atoms with Crippen molar-refractivity contribution in [1.82, 2.24) is 14.9 Å². The lowest BCUT2D eigenvalue weighted by Gasteiger charge is -2.30. The van der Waals surface area contributed by atoms with E-state index in [1.807, 2.05) is 6.26 Å². The maximum absolute atomic E-state index is 12.5. The number of esters is 1. The minimum absolute atomic E-state index is 0.133. The Morgan fingerprint density at radius 2 is 2.14 bits per heavy atom. The van der Waals surface area contributed by atoms with Crippen LogP contribution in [0.2, 0.25) is 5.02 Å². The molecule has 0 atom stereocenters. The van der Waals surface area contributed by atoms with E-state index in [0.29, 0.717) is 37.7 Å². The normalized spacial score (nSPS) is 15.7. The third-order valence-corrected chi connectivity index (χ3v) is 4.35. The number of piperidine rings is 1. The van der Waals surface area contributed by atoms with Gasteiger partial charge in [0.25, 0.3) is 5.91 Å². The topological polar surface area (TPSA) is 72.4 Å². The van der Waals surface area contributed by atoms with Crippen LogP contribution in [-0.2, 0) is 9.53 Å². The predicted octanol–water partition coefficient (Wildman–Crippen LogP) is 2.27. The largest absolute Gasteiger partial charge is 0.466 e. The van der Waals surface area contributed by atoms with E-state index in [4.69, 9.17) is 16.3 Å². The number of thioether (sulfide) groups is 1. The number of likely N-dealkylation sites (tertiary alicyclic amines) is 1. The van der Waals surface area contributed by atoms with Gasteiger partial charge in [-0.3, -0.25) is 9.59 Å². The van der Waals surface area contributed by atoms with Crippen molar-refractivity contribution in [2.75, 3.05) is 26.0 Å². The highest BCUT2D eigenvalue weighted by molar-refractivity contribution is 7.98. The second kappa shape index (κ2) is 7.78. The molecular weight excluding hydrogens is 326 g/mol. The van der Waals surface area contributed by atoms with Gasteiger partial charge in [-0.05, 0) is 26.0 Å². The molecule has 2 rings (SSSR count). The number of carbonyl (C=O) groups is 2. The van der Waals surface area contributed by atoms with Crippen LogP contribution in [0.15, 0.2) is 11.4 Å². The van der Waals surface area contributed by atoms with Crippen LogP contribution < -0.4 is 0 Å². The first kappa shape index (κ1) is 17.0. The van der Waals surface area contributed by atoms with Crippen LogP contribution in [0.5, 0.6) is 0 Å². The number of hydrogen-bond donors (Lipinski definition) is 0. The average molecular weight is 344 g/mol. The average Bonchev–Trinajstić information content (AvgIpc) is 2.55. The quantitative estimate of drug-likeness (QED) is 0.474. The fraction of sp³-hybridized carbons (Fsp3) is 0.571. The van der Waals surface area contributed by atoms with Gasteiger partial charge in [0.05, 0.1) is 23.7 Å². The molecule has 1 aromatic rings. The Morgan fingerprint density at radius 3 is 2.73 bits per heavy atom. The van der Waals surface area contributed by atoms with E-state index in [2.05, 4.69) is 9.97 Å². The van der Waals surface area contributed by atoms with E-state index in [-0.39, 0.29) is 28.5 Å². The van der Waals surface area contributed by atoms with Crippen molar-refractivity contribution in [3.8, 4) is 0 Å². The third kappa shape index (κ3) is 3.89. The molecule has 0 unspecified atom stereocenters. The zero-order chi connectivity index (χ0) is 16.1. The summed E-state index contributed by atoms with van der Waals surface area (Å²) in [7, 11) is 0. The smallest absolute Gasteiger partial charge is 0.309 e. The number of halogens is 1. The summed E-state index contributed by atoms with van der Waals surface area (Å²) in [6.07, 6.45) is 4.48. The minimum Gasteiger partial charge on any atom is -0.466 e. The molecular formula is C14H18ClN3O3S. The highest BCUT2D eigenvalue weighted by Crippen LogP contribution is 2.23. The van der Waals surface area contributed by atoms with Crippen LogP contribution in [0, 0.1) is 5.92 Å². The number of aromatic nitrogens is 2. The molecule has 0 spiro atoms. The van der Waals surface area contributed by atoms with Crippen LogP contribution in [0.4, 0.5) is 0 Å². The van der Waals surface area contributed by atoms with Crippen molar-refractivity contribution in [3.05, 3.63) is 16.9 Å². The molecule has 1 fully saturated rings. The van der Waals surface area contributed by atoms with Crippen LogP contribution in [0.3, 0.4) is 0 Å². The van der Waals surface area contributed by atoms with Gasteiger partial charge in [0.15, 0.2) is 10.9 Å². The second-order valence-electron chi connectivity index (χ2n) is 4.87. The summed E-state index contributed by atoms with van der Waals surface area (Å²) in [5.41, 5.74) is 0.218. The summed E-state index contributed by atoms with van der Waals surface area (Å²) in [6.45, 7) is 3.16. The summed E-state index contributed by atoms with van der Waals surface area (Å²) in [5.74, 6) is -0.532. The highest BCUT2D eigenvalue weighted by Gasteiger charge is 2.30. The SMILES string of the molecule is CCOC(=O)C1CCN(C(=O)c2nc(SC)ncc2Cl)CC1. The molecule has 6 nitrogen and oxygen atoms in total. The van der Waals surface area contributed by atoms with Crippen molar-refractivity contribution >= 4 is 35.2 Å². The zero-order valence-electron chi connectivity index (χ0n) is 12.5. The molecule has 0 aromatic carbocycles. The number of ether oxygens (including phenoxy) is 1. The molecule has 0 radical (unpaired) electrons. The molecule has 8 heteroatoms. The Hall–Kier alpha value is -1.34. The van der Waals surface area contributed by atoms with E-state index in [1.165, 1.54) is 18.0 Å². The lowest BCUT2D eigenvalue weighted by Crippen LogP contribution is -2.41. The first-order valence-corrected chi connectivity index (χ1v) is 8.69.